The van der Waals surface area contributed by atoms with E-state index in [0.29, 0.717) is 0 Å². The maximum Gasteiger partial charge on any atom is 0.335 e. The molecular formula is C27H28O18. The third-order valence-electron chi connectivity index (χ3n) is 7.32. The fourth-order valence-corrected chi connectivity index (χ4v) is 4.97. The van der Waals surface area contributed by atoms with E-state index in [9.17, 15) is 65.8 Å². The molecule has 2 aliphatic rings. The highest BCUT2D eigenvalue weighted by molar-refractivity contribution is 5.88. The van der Waals surface area contributed by atoms with Crippen LogP contribution >= 0.6 is 0 Å². The molecule has 5 rings (SSSR count). The normalized spacial score (nSPS) is 32.0. The number of carboxylic acid groups (broad SMARTS) is 1. The molecule has 244 valence electrons. The molecule has 0 bridgehead atoms. The van der Waals surface area contributed by atoms with Gasteiger partial charge in [-0.25, -0.2) is 4.79 Å². The van der Waals surface area contributed by atoms with Crippen LogP contribution in [0.5, 0.6) is 28.7 Å². The minimum absolute atomic E-state index is 0.119. The second-order valence-corrected chi connectivity index (χ2v) is 10.3. The van der Waals surface area contributed by atoms with Gasteiger partial charge in [0.25, 0.3) is 0 Å². The lowest BCUT2D eigenvalue weighted by atomic mass is 9.96. The standard InChI is InChI=1S/C27H28O18/c28-6-13-15(33)17(35)19(37)26(42-13)44-23-18(36)20(38)27(45-24(23)25(39)40)43-22-16(34)14-11(32)4-8(29)5-12(14)41-21(22)7-1-2-9(30)10(31)3-7/h1-5,13,15,17-20,23-24,26-33,35-38H,6H2,(H,39,40)/t13-,15-,17+,18-,19-,20+,23-,24-,26+,27-/m1/s1. The van der Waals surface area contributed by atoms with E-state index in [-0.39, 0.29) is 11.1 Å². The number of aromatic hydroxyl groups is 4. The number of rotatable bonds is 7. The second-order valence-electron chi connectivity index (χ2n) is 10.3. The van der Waals surface area contributed by atoms with Crippen molar-refractivity contribution in [2.75, 3.05) is 6.61 Å². The number of carboxylic acids is 1. The van der Waals surface area contributed by atoms with Crippen LogP contribution < -0.4 is 10.2 Å². The van der Waals surface area contributed by atoms with Crippen molar-refractivity contribution < 1.29 is 84.3 Å². The summed E-state index contributed by atoms with van der Waals surface area (Å²) in [6.07, 6.45) is -19.9. The van der Waals surface area contributed by atoms with Gasteiger partial charge in [-0.15, -0.1) is 0 Å². The summed E-state index contributed by atoms with van der Waals surface area (Å²) in [6, 6.07) is 4.93. The number of benzene rings is 2. The van der Waals surface area contributed by atoms with Gasteiger partial charge in [0, 0.05) is 17.7 Å². The van der Waals surface area contributed by atoms with E-state index in [0.717, 1.165) is 24.3 Å². The van der Waals surface area contributed by atoms with Gasteiger partial charge in [0.2, 0.25) is 17.5 Å². The summed E-state index contributed by atoms with van der Waals surface area (Å²) in [4.78, 5) is 25.8. The smallest absolute Gasteiger partial charge is 0.335 e. The summed E-state index contributed by atoms with van der Waals surface area (Å²) in [5.74, 6) is -5.61. The van der Waals surface area contributed by atoms with E-state index >= 15 is 0 Å². The fraction of sp³-hybridized carbons (Fsp3) is 0.407. The van der Waals surface area contributed by atoms with Crippen LogP contribution in [0.3, 0.4) is 0 Å². The molecule has 0 amide bonds. The number of hydrogen-bond donors (Lipinski definition) is 11. The number of aliphatic hydroxyl groups excluding tert-OH is 6. The van der Waals surface area contributed by atoms with Crippen molar-refractivity contribution in [3.63, 3.8) is 0 Å². The maximum absolute atomic E-state index is 13.6. The highest BCUT2D eigenvalue weighted by atomic mass is 16.7. The lowest BCUT2D eigenvalue weighted by Gasteiger charge is -2.45. The minimum atomic E-state index is -2.21. The first kappa shape index (κ1) is 32.2. The number of phenolic OH excluding ortho intramolecular Hbond substituents is 4. The Morgan fingerprint density at radius 3 is 2.13 bits per heavy atom. The molecular weight excluding hydrogens is 612 g/mol. The summed E-state index contributed by atoms with van der Waals surface area (Å²) in [5, 5.41) is 111. The average molecular weight is 641 g/mol. The Balaban J connectivity index is 1.52. The molecule has 18 nitrogen and oxygen atoms in total. The van der Waals surface area contributed by atoms with Crippen LogP contribution in [0, 0.1) is 0 Å². The average Bonchev–Trinajstić information content (AvgIpc) is 2.98. The summed E-state index contributed by atoms with van der Waals surface area (Å²) >= 11 is 0. The largest absolute Gasteiger partial charge is 0.508 e. The number of ether oxygens (including phenoxy) is 4. The van der Waals surface area contributed by atoms with Crippen molar-refractivity contribution in [1.82, 2.24) is 0 Å². The molecule has 0 aliphatic carbocycles. The van der Waals surface area contributed by atoms with Crippen LogP contribution in [-0.2, 0) is 19.0 Å². The molecule has 0 spiro atoms. The van der Waals surface area contributed by atoms with Gasteiger partial charge < -0.3 is 79.5 Å². The molecule has 45 heavy (non-hydrogen) atoms. The first-order valence-electron chi connectivity index (χ1n) is 13.2. The number of aliphatic hydroxyl groups is 6. The van der Waals surface area contributed by atoms with Crippen LogP contribution in [0.15, 0.2) is 39.5 Å². The van der Waals surface area contributed by atoms with Gasteiger partial charge in [0.05, 0.1) is 6.61 Å². The van der Waals surface area contributed by atoms with Gasteiger partial charge in [0.1, 0.15) is 65.2 Å². The molecule has 2 aromatic carbocycles. The molecule has 3 aromatic rings. The second kappa shape index (κ2) is 12.3. The lowest BCUT2D eigenvalue weighted by Crippen LogP contribution is -2.65. The Bertz CT molecular complexity index is 1640. The Hall–Kier alpha value is -4.24. The van der Waals surface area contributed by atoms with Gasteiger partial charge in [-0.2, -0.15) is 0 Å². The lowest BCUT2D eigenvalue weighted by molar-refractivity contribution is -0.348. The Morgan fingerprint density at radius 1 is 0.800 bits per heavy atom. The van der Waals surface area contributed by atoms with Crippen molar-refractivity contribution in [3.8, 4) is 40.1 Å². The zero-order valence-electron chi connectivity index (χ0n) is 22.6. The van der Waals surface area contributed by atoms with E-state index < -0.39 is 119 Å². The van der Waals surface area contributed by atoms with Crippen molar-refractivity contribution in [2.45, 2.75) is 61.4 Å². The molecule has 18 heteroatoms. The van der Waals surface area contributed by atoms with Crippen LogP contribution in [-0.4, -0.2) is 130 Å². The predicted octanol–water partition coefficient (Wildman–Crippen LogP) is -2.62. The van der Waals surface area contributed by atoms with E-state index in [2.05, 4.69) is 0 Å². The predicted molar refractivity (Wildman–Crippen MR) is 142 cm³/mol. The number of hydrogen-bond acceptors (Lipinski definition) is 17. The molecule has 0 saturated carbocycles. The van der Waals surface area contributed by atoms with Crippen molar-refractivity contribution in [2.24, 2.45) is 0 Å². The molecule has 2 aliphatic heterocycles. The maximum atomic E-state index is 13.6. The Kier molecular flexibility index (Phi) is 8.77. The van der Waals surface area contributed by atoms with Crippen LogP contribution in [0.2, 0.25) is 0 Å². The molecule has 11 N–H and O–H groups in total. The fourth-order valence-electron chi connectivity index (χ4n) is 4.97. The molecule has 2 saturated heterocycles. The Morgan fingerprint density at radius 2 is 1.49 bits per heavy atom. The number of phenols is 4. The first-order chi connectivity index (χ1) is 21.2. The first-order valence-corrected chi connectivity index (χ1v) is 13.2. The van der Waals surface area contributed by atoms with Gasteiger partial charge in [0.15, 0.2) is 29.7 Å². The van der Waals surface area contributed by atoms with Crippen LogP contribution in [0.25, 0.3) is 22.3 Å². The molecule has 0 radical (unpaired) electrons. The summed E-state index contributed by atoms with van der Waals surface area (Å²) in [5.41, 5.74) is -1.62. The third kappa shape index (κ3) is 5.81. The highest BCUT2D eigenvalue weighted by Gasteiger charge is 2.53. The molecule has 10 atom stereocenters. The third-order valence-corrected chi connectivity index (χ3v) is 7.32. The molecule has 2 fully saturated rings. The number of aliphatic carboxylic acids is 1. The zero-order valence-corrected chi connectivity index (χ0v) is 22.6. The van der Waals surface area contributed by atoms with Crippen molar-refractivity contribution in [3.05, 3.63) is 40.6 Å². The van der Waals surface area contributed by atoms with Crippen molar-refractivity contribution in [1.29, 1.82) is 0 Å². The molecule has 0 unspecified atom stereocenters. The SMILES string of the molecule is O=C(O)[C@@H]1O[C@@H](Oc2c(-c3ccc(O)c(O)c3)oc3cc(O)cc(O)c3c2=O)[C@@H](O)[C@@H](O)[C@H]1O[C@@H]1O[C@H](CO)[C@@H](O)[C@H](O)[C@H]1O. The van der Waals surface area contributed by atoms with E-state index in [1.165, 1.54) is 6.07 Å². The summed E-state index contributed by atoms with van der Waals surface area (Å²) in [6.45, 7) is -0.847. The van der Waals surface area contributed by atoms with Crippen molar-refractivity contribution >= 4 is 16.9 Å². The van der Waals surface area contributed by atoms with Gasteiger partial charge in [-0.3, -0.25) is 4.79 Å². The van der Waals surface area contributed by atoms with E-state index in [4.69, 9.17) is 23.4 Å². The van der Waals surface area contributed by atoms with Crippen LogP contribution in [0.1, 0.15) is 0 Å². The quantitative estimate of drug-likeness (QED) is 0.118. The van der Waals surface area contributed by atoms with Gasteiger partial charge in [-0.05, 0) is 18.2 Å². The topological polar surface area (TPSA) is 307 Å². The monoisotopic (exact) mass is 640 g/mol. The minimum Gasteiger partial charge on any atom is -0.508 e. The molecule has 3 heterocycles. The van der Waals surface area contributed by atoms with E-state index in [1.807, 2.05) is 0 Å². The van der Waals surface area contributed by atoms with Gasteiger partial charge >= 0.3 is 5.97 Å². The number of fused-ring (bicyclic) bond motifs is 1. The van der Waals surface area contributed by atoms with E-state index in [1.54, 1.807) is 0 Å². The summed E-state index contributed by atoms with van der Waals surface area (Å²) < 4.78 is 27.1. The van der Waals surface area contributed by atoms with Crippen LogP contribution in [0.4, 0.5) is 0 Å². The number of carbonyl (C=O) groups is 1. The van der Waals surface area contributed by atoms with Gasteiger partial charge in [-0.1, -0.05) is 0 Å². The summed E-state index contributed by atoms with van der Waals surface area (Å²) in [7, 11) is 0. The molecule has 1 aromatic heterocycles. The highest BCUT2D eigenvalue weighted by Crippen LogP contribution is 2.40. The zero-order chi connectivity index (χ0) is 32.9. The Labute approximate surface area is 250 Å².